The third-order valence-corrected chi connectivity index (χ3v) is 6.44. The van der Waals surface area contributed by atoms with E-state index in [0.29, 0.717) is 15.6 Å². The first-order valence-electron chi connectivity index (χ1n) is 8.90. The molecule has 3 aromatic rings. The molecule has 152 valence electrons. The third-order valence-electron chi connectivity index (χ3n) is 4.44. The lowest BCUT2D eigenvalue weighted by atomic mass is 9.97. The minimum atomic E-state index is -2.75. The fourth-order valence-corrected chi connectivity index (χ4v) is 4.92. The Morgan fingerprint density at radius 2 is 1.76 bits per heavy atom. The lowest BCUT2D eigenvalue weighted by molar-refractivity contribution is 0.0533. The molecule has 0 aliphatic rings. The maximum absolute atomic E-state index is 12.7. The number of thiol groups is 1. The van der Waals surface area contributed by atoms with Crippen molar-refractivity contribution in [1.82, 2.24) is 0 Å². The molecule has 0 amide bonds. The number of anilines is 1. The van der Waals surface area contributed by atoms with Crippen LogP contribution in [0.3, 0.4) is 0 Å². The van der Waals surface area contributed by atoms with Gasteiger partial charge in [0.25, 0.3) is 0 Å². The Hall–Kier alpha value is -2.35. The minimum Gasteiger partial charge on any atom is -0.462 e. The van der Waals surface area contributed by atoms with Gasteiger partial charge in [0, 0.05) is 15.5 Å². The fourth-order valence-electron chi connectivity index (χ4n) is 3.12. The molecular weight excluding hydrogens is 430 g/mol. The van der Waals surface area contributed by atoms with Gasteiger partial charge in [-0.1, -0.05) is 29.8 Å². The second-order valence-electron chi connectivity index (χ2n) is 6.39. The van der Waals surface area contributed by atoms with Gasteiger partial charge in [-0.15, -0.1) is 11.3 Å². The number of halogens is 1. The van der Waals surface area contributed by atoms with Gasteiger partial charge in [0.15, 0.2) is 0 Å². The van der Waals surface area contributed by atoms with Crippen molar-refractivity contribution in [2.75, 3.05) is 11.3 Å². The summed E-state index contributed by atoms with van der Waals surface area (Å²) in [6.45, 7) is 5.84. The topological polar surface area (TPSA) is 72.5 Å². The van der Waals surface area contributed by atoms with Crippen LogP contribution in [0.5, 0.6) is 0 Å². The van der Waals surface area contributed by atoms with E-state index in [1.165, 1.54) is 11.3 Å². The van der Waals surface area contributed by atoms with Crippen LogP contribution in [-0.4, -0.2) is 21.0 Å². The number of hydrogen-bond donors (Lipinski definition) is 2. The summed E-state index contributed by atoms with van der Waals surface area (Å²) in [5.41, 5.74) is 4.80. The molecule has 0 aliphatic heterocycles. The first-order chi connectivity index (χ1) is 13.8. The molecule has 0 saturated heterocycles. The van der Waals surface area contributed by atoms with Crippen LogP contribution in [0.1, 0.15) is 27.7 Å². The van der Waals surface area contributed by atoms with Crippen LogP contribution in [-0.2, 0) is 15.6 Å². The van der Waals surface area contributed by atoms with Gasteiger partial charge in [-0.05, 0) is 67.3 Å². The predicted octanol–water partition coefficient (Wildman–Crippen LogP) is 5.47. The first kappa shape index (κ1) is 21.4. The molecule has 0 spiro atoms. The number of aryl methyl sites for hydroxylation is 1. The molecule has 0 aliphatic carbocycles. The van der Waals surface area contributed by atoms with Crippen LogP contribution in [0.2, 0.25) is 5.02 Å². The number of rotatable bonds is 6. The summed E-state index contributed by atoms with van der Waals surface area (Å²) >= 11 is 7.39. The molecule has 0 saturated carbocycles. The zero-order valence-electron chi connectivity index (χ0n) is 16.1. The molecule has 3 rings (SSSR count). The van der Waals surface area contributed by atoms with Crippen LogP contribution >= 0.6 is 22.9 Å². The Morgan fingerprint density at radius 1 is 1.10 bits per heavy atom. The van der Waals surface area contributed by atoms with E-state index in [1.807, 2.05) is 44.2 Å². The highest BCUT2D eigenvalue weighted by atomic mass is 35.5. The molecule has 1 heterocycles. The lowest BCUT2D eigenvalue weighted by Gasteiger charge is -2.10. The van der Waals surface area contributed by atoms with Crippen LogP contribution in [0.25, 0.3) is 21.6 Å². The van der Waals surface area contributed by atoms with E-state index in [0.717, 1.165) is 32.7 Å². The van der Waals surface area contributed by atoms with Crippen molar-refractivity contribution in [3.8, 4) is 21.6 Å². The van der Waals surface area contributed by atoms with E-state index >= 15 is 0 Å². The summed E-state index contributed by atoms with van der Waals surface area (Å²) in [6.07, 6.45) is 0. The number of hydrogen-bond acceptors (Lipinski definition) is 5. The highest BCUT2D eigenvalue weighted by Crippen LogP contribution is 2.43. The van der Waals surface area contributed by atoms with Gasteiger partial charge >= 0.3 is 5.97 Å². The SMILES string of the molecule is CCOC(=O)c1sc(-c2ccc(Cl)cc2)c(C)c1-c1ccc(N[SH](=O)=O)c(C)c1. The summed E-state index contributed by atoms with van der Waals surface area (Å²) in [7, 11) is -2.75. The van der Waals surface area contributed by atoms with E-state index in [1.54, 1.807) is 19.1 Å². The van der Waals surface area contributed by atoms with Crippen molar-refractivity contribution in [2.45, 2.75) is 20.8 Å². The Morgan fingerprint density at radius 3 is 2.34 bits per heavy atom. The highest BCUT2D eigenvalue weighted by molar-refractivity contribution is 7.73. The van der Waals surface area contributed by atoms with Crippen LogP contribution in [0, 0.1) is 13.8 Å². The molecule has 0 atom stereocenters. The summed E-state index contributed by atoms with van der Waals surface area (Å²) < 4.78 is 29.7. The monoisotopic (exact) mass is 449 g/mol. The Labute approximate surface area is 180 Å². The van der Waals surface area contributed by atoms with Gasteiger partial charge in [-0.25, -0.2) is 13.2 Å². The third kappa shape index (κ3) is 4.63. The van der Waals surface area contributed by atoms with Gasteiger partial charge in [0.1, 0.15) is 4.88 Å². The number of benzene rings is 2. The molecule has 5 nitrogen and oxygen atoms in total. The van der Waals surface area contributed by atoms with Crippen molar-refractivity contribution in [1.29, 1.82) is 0 Å². The van der Waals surface area contributed by atoms with E-state index in [2.05, 4.69) is 4.72 Å². The second-order valence-corrected chi connectivity index (χ2v) is 8.58. The van der Waals surface area contributed by atoms with E-state index in [4.69, 9.17) is 16.3 Å². The fraction of sp³-hybridized carbons (Fsp3) is 0.190. The van der Waals surface area contributed by atoms with Crippen LogP contribution in [0.4, 0.5) is 5.69 Å². The zero-order chi connectivity index (χ0) is 21.1. The highest BCUT2D eigenvalue weighted by Gasteiger charge is 2.24. The van der Waals surface area contributed by atoms with Crippen molar-refractivity contribution < 1.29 is 17.9 Å². The maximum atomic E-state index is 12.7. The Balaban J connectivity index is 2.17. The maximum Gasteiger partial charge on any atom is 0.348 e. The van der Waals surface area contributed by atoms with Gasteiger partial charge in [-0.3, -0.25) is 4.72 Å². The Bertz CT molecular complexity index is 1130. The van der Waals surface area contributed by atoms with Gasteiger partial charge in [0.2, 0.25) is 10.9 Å². The second kappa shape index (κ2) is 8.98. The van der Waals surface area contributed by atoms with Gasteiger partial charge < -0.3 is 4.74 Å². The molecule has 1 aromatic heterocycles. The molecule has 29 heavy (non-hydrogen) atoms. The summed E-state index contributed by atoms with van der Waals surface area (Å²) in [6, 6.07) is 12.8. The lowest BCUT2D eigenvalue weighted by Crippen LogP contribution is -2.04. The van der Waals surface area contributed by atoms with Crippen molar-refractivity contribution in [3.63, 3.8) is 0 Å². The normalized spacial score (nSPS) is 10.9. The number of carbonyl (C=O) groups is 1. The van der Waals surface area contributed by atoms with Crippen molar-refractivity contribution in [2.24, 2.45) is 0 Å². The van der Waals surface area contributed by atoms with E-state index in [-0.39, 0.29) is 12.6 Å². The van der Waals surface area contributed by atoms with E-state index in [9.17, 15) is 13.2 Å². The Kier molecular flexibility index (Phi) is 6.62. The molecule has 0 bridgehead atoms. The number of esters is 1. The largest absolute Gasteiger partial charge is 0.462 e. The molecular formula is C21H20ClNO4S2. The molecule has 2 aromatic carbocycles. The average molecular weight is 450 g/mol. The number of ether oxygens (including phenoxy) is 1. The average Bonchev–Trinajstić information content (AvgIpc) is 3.01. The van der Waals surface area contributed by atoms with Gasteiger partial charge in [0.05, 0.1) is 12.3 Å². The number of nitrogens with one attached hydrogen (secondary N) is 1. The predicted molar refractivity (Wildman–Crippen MR) is 120 cm³/mol. The molecule has 1 N–H and O–H groups in total. The van der Waals surface area contributed by atoms with Gasteiger partial charge in [-0.2, -0.15) is 0 Å². The standard InChI is InChI=1S/C21H20ClNO4S2/c1-4-27-21(24)20-18(15-7-10-17(12(2)11-15)23-29(25)26)13(3)19(28-20)14-5-8-16(22)9-6-14/h5-11,29H,4H2,1-3H3,(H,23,25,26). The summed E-state index contributed by atoms with van der Waals surface area (Å²) in [5.74, 6) is -0.377. The molecule has 8 heteroatoms. The number of thiophene rings is 1. The van der Waals surface area contributed by atoms with Crippen LogP contribution < -0.4 is 4.72 Å². The molecule has 0 radical (unpaired) electrons. The van der Waals surface area contributed by atoms with Crippen molar-refractivity contribution >= 4 is 45.5 Å². The quantitative estimate of drug-likeness (QED) is 0.386. The smallest absolute Gasteiger partial charge is 0.348 e. The zero-order valence-corrected chi connectivity index (χ0v) is 18.6. The summed E-state index contributed by atoms with van der Waals surface area (Å²) in [4.78, 5) is 14.1. The molecule has 0 fully saturated rings. The minimum absolute atomic E-state index is 0.282. The molecule has 0 unspecified atom stereocenters. The summed E-state index contributed by atoms with van der Waals surface area (Å²) in [5, 5.41) is 0.643. The van der Waals surface area contributed by atoms with Crippen LogP contribution in [0.15, 0.2) is 42.5 Å². The number of carbonyl (C=O) groups excluding carboxylic acids is 1. The first-order valence-corrected chi connectivity index (χ1v) is 11.3. The van der Waals surface area contributed by atoms with E-state index < -0.39 is 10.9 Å². The van der Waals surface area contributed by atoms with Crippen molar-refractivity contribution in [3.05, 3.63) is 63.5 Å².